The minimum absolute atomic E-state index is 0.102. The van der Waals surface area contributed by atoms with Crippen LogP contribution >= 0.6 is 27.5 Å². The monoisotopic (exact) mass is 377 g/mol. The van der Waals surface area contributed by atoms with E-state index < -0.39 is 0 Å². The van der Waals surface area contributed by atoms with Crippen LogP contribution in [0.2, 0.25) is 5.02 Å². The zero-order valence-electron chi connectivity index (χ0n) is 11.5. The van der Waals surface area contributed by atoms with E-state index in [9.17, 15) is 5.11 Å². The third kappa shape index (κ3) is 3.00. The van der Waals surface area contributed by atoms with E-state index in [0.29, 0.717) is 27.2 Å². The lowest BCUT2D eigenvalue weighted by Gasteiger charge is -2.20. The largest absolute Gasteiger partial charge is 0.506 e. The first-order chi connectivity index (χ1) is 10.5. The molecular formula is C16H13BrClN3O. The third-order valence-electron chi connectivity index (χ3n) is 3.45. The number of guanidine groups is 1. The Bertz CT molecular complexity index is 774. The quantitative estimate of drug-likeness (QED) is 0.827. The van der Waals surface area contributed by atoms with E-state index in [4.69, 9.17) is 17.3 Å². The number of nitrogens with two attached hydrogens (primary N) is 1. The maximum absolute atomic E-state index is 10.3. The minimum Gasteiger partial charge on any atom is -0.506 e. The Labute approximate surface area is 141 Å². The number of aliphatic imine (C=N–C) groups is 2. The van der Waals surface area contributed by atoms with E-state index in [-0.39, 0.29) is 17.8 Å². The maximum Gasteiger partial charge on any atom is 0.216 e. The molecule has 22 heavy (non-hydrogen) atoms. The number of aromatic hydroxyl groups is 1. The number of hydrogen-bond donors (Lipinski definition) is 2. The Morgan fingerprint density at radius 1 is 1.23 bits per heavy atom. The molecule has 2 aromatic carbocycles. The summed E-state index contributed by atoms with van der Waals surface area (Å²) in [6, 6.07) is 13.1. The van der Waals surface area contributed by atoms with Gasteiger partial charge in [0.1, 0.15) is 5.75 Å². The van der Waals surface area contributed by atoms with E-state index in [1.54, 1.807) is 12.1 Å². The van der Waals surface area contributed by atoms with Gasteiger partial charge in [-0.25, -0.2) is 9.98 Å². The van der Waals surface area contributed by atoms with Crippen molar-refractivity contribution in [3.63, 3.8) is 0 Å². The Balaban J connectivity index is 2.01. The first-order valence-electron chi connectivity index (χ1n) is 6.69. The third-order valence-corrected chi connectivity index (χ3v) is 4.27. The summed E-state index contributed by atoms with van der Waals surface area (Å²) in [6.45, 7) is 0. The van der Waals surface area contributed by atoms with Gasteiger partial charge in [-0.15, -0.1) is 0 Å². The lowest BCUT2D eigenvalue weighted by molar-refractivity contribution is 0.470. The molecule has 4 nitrogen and oxygen atoms in total. The summed E-state index contributed by atoms with van der Waals surface area (Å²) in [6.07, 6.45) is 0.547. The second kappa shape index (κ2) is 6.10. The number of nitrogens with zero attached hydrogens (tertiary/aromatic N) is 2. The zero-order chi connectivity index (χ0) is 15.7. The first-order valence-corrected chi connectivity index (χ1v) is 7.86. The molecule has 0 spiro atoms. The summed E-state index contributed by atoms with van der Waals surface area (Å²) in [5.41, 5.74) is 8.14. The number of phenols is 1. The fourth-order valence-corrected chi connectivity index (χ4v) is 3.24. The van der Waals surface area contributed by atoms with Crippen molar-refractivity contribution in [3.05, 3.63) is 63.1 Å². The molecule has 1 aliphatic rings. The standard InChI is InChI=1S/C16H13BrClN3O/c17-12-7-10(18)6-11(15(12)22)14-8-13(20-16(19)21-14)9-4-2-1-3-5-9/h1-7,13,22H,8H2,(H2,19,20)/t13-/m1/s1. The highest BCUT2D eigenvalue weighted by Crippen LogP contribution is 2.35. The minimum atomic E-state index is -0.120. The van der Waals surface area contributed by atoms with Crippen molar-refractivity contribution in [2.45, 2.75) is 12.5 Å². The van der Waals surface area contributed by atoms with Crippen LogP contribution in [-0.2, 0) is 0 Å². The molecule has 3 N–H and O–H groups in total. The van der Waals surface area contributed by atoms with Crippen molar-refractivity contribution < 1.29 is 5.11 Å². The Morgan fingerprint density at radius 2 is 1.95 bits per heavy atom. The van der Waals surface area contributed by atoms with Crippen LogP contribution < -0.4 is 5.73 Å². The van der Waals surface area contributed by atoms with Crippen LogP contribution in [0.25, 0.3) is 0 Å². The molecule has 0 fully saturated rings. The molecule has 1 atom stereocenters. The lowest BCUT2D eigenvalue weighted by atomic mass is 9.96. The van der Waals surface area contributed by atoms with E-state index >= 15 is 0 Å². The Kier molecular flexibility index (Phi) is 4.18. The van der Waals surface area contributed by atoms with Gasteiger partial charge in [0.2, 0.25) is 5.96 Å². The summed E-state index contributed by atoms with van der Waals surface area (Å²) in [7, 11) is 0. The van der Waals surface area contributed by atoms with Crippen molar-refractivity contribution >= 4 is 39.2 Å². The Morgan fingerprint density at radius 3 is 2.68 bits per heavy atom. The average Bonchev–Trinajstić information content (AvgIpc) is 2.51. The second-order valence-electron chi connectivity index (χ2n) is 4.96. The van der Waals surface area contributed by atoms with Gasteiger partial charge in [-0.2, -0.15) is 0 Å². The molecule has 0 unspecified atom stereocenters. The van der Waals surface area contributed by atoms with Crippen LogP contribution in [0.3, 0.4) is 0 Å². The normalized spacial score (nSPS) is 17.8. The molecule has 0 saturated carbocycles. The maximum atomic E-state index is 10.3. The fraction of sp³-hybridized carbons (Fsp3) is 0.125. The number of hydrogen-bond acceptors (Lipinski definition) is 4. The summed E-state index contributed by atoms with van der Waals surface area (Å²) in [5.74, 6) is 0.301. The Hall–Kier alpha value is -1.85. The number of phenolic OH excluding ortho intramolecular Hbond substituents is 1. The van der Waals surface area contributed by atoms with Gasteiger partial charge in [0.25, 0.3) is 0 Å². The lowest BCUT2D eigenvalue weighted by Crippen LogP contribution is -2.21. The molecule has 6 heteroatoms. The second-order valence-corrected chi connectivity index (χ2v) is 6.25. The predicted octanol–water partition coefficient (Wildman–Crippen LogP) is 4.06. The van der Waals surface area contributed by atoms with Crippen LogP contribution in [0.1, 0.15) is 23.6 Å². The molecule has 112 valence electrons. The molecule has 1 aliphatic heterocycles. The summed E-state index contributed by atoms with van der Waals surface area (Å²) in [4.78, 5) is 8.66. The SMILES string of the molecule is NC1=N[C@@H](c2ccccc2)CC(c2cc(Cl)cc(Br)c2O)=N1. The van der Waals surface area contributed by atoms with Gasteiger partial charge in [0, 0.05) is 17.0 Å². The van der Waals surface area contributed by atoms with Gasteiger partial charge in [-0.1, -0.05) is 41.9 Å². The van der Waals surface area contributed by atoms with Crippen molar-refractivity contribution in [3.8, 4) is 5.75 Å². The zero-order valence-corrected chi connectivity index (χ0v) is 13.8. The highest BCUT2D eigenvalue weighted by Gasteiger charge is 2.22. The van der Waals surface area contributed by atoms with Gasteiger partial charge in [0.05, 0.1) is 16.2 Å². The molecule has 0 aliphatic carbocycles. The highest BCUT2D eigenvalue weighted by molar-refractivity contribution is 9.10. The number of rotatable bonds is 2. The van der Waals surface area contributed by atoms with Gasteiger partial charge in [0.15, 0.2) is 0 Å². The molecule has 0 saturated heterocycles. The smallest absolute Gasteiger partial charge is 0.216 e. The molecule has 2 aromatic rings. The molecule has 1 heterocycles. The molecule has 0 bridgehead atoms. The molecule has 0 radical (unpaired) electrons. The summed E-state index contributed by atoms with van der Waals surface area (Å²) < 4.78 is 0.523. The predicted molar refractivity (Wildman–Crippen MR) is 92.8 cm³/mol. The van der Waals surface area contributed by atoms with Crippen molar-refractivity contribution in [2.24, 2.45) is 15.7 Å². The van der Waals surface area contributed by atoms with E-state index in [1.165, 1.54) is 0 Å². The number of halogens is 2. The van der Waals surface area contributed by atoms with Gasteiger partial charge in [-0.05, 0) is 33.6 Å². The van der Waals surface area contributed by atoms with E-state index in [0.717, 1.165) is 5.56 Å². The van der Waals surface area contributed by atoms with Crippen molar-refractivity contribution in [2.75, 3.05) is 0 Å². The van der Waals surface area contributed by atoms with Crippen LogP contribution in [0, 0.1) is 0 Å². The number of benzene rings is 2. The molecule has 3 rings (SSSR count). The first kappa shape index (κ1) is 15.1. The van der Waals surface area contributed by atoms with Gasteiger partial charge < -0.3 is 10.8 Å². The van der Waals surface area contributed by atoms with E-state index in [1.807, 2.05) is 30.3 Å². The van der Waals surface area contributed by atoms with Crippen molar-refractivity contribution in [1.82, 2.24) is 0 Å². The van der Waals surface area contributed by atoms with Gasteiger partial charge >= 0.3 is 0 Å². The molecule has 0 amide bonds. The van der Waals surface area contributed by atoms with Crippen LogP contribution in [0.5, 0.6) is 5.75 Å². The average molecular weight is 379 g/mol. The van der Waals surface area contributed by atoms with Crippen LogP contribution in [0.4, 0.5) is 0 Å². The van der Waals surface area contributed by atoms with Crippen LogP contribution in [0.15, 0.2) is 56.9 Å². The molecule has 0 aromatic heterocycles. The van der Waals surface area contributed by atoms with Crippen LogP contribution in [-0.4, -0.2) is 16.8 Å². The van der Waals surface area contributed by atoms with Crippen molar-refractivity contribution in [1.29, 1.82) is 0 Å². The summed E-state index contributed by atoms with van der Waals surface area (Å²) >= 11 is 9.36. The van der Waals surface area contributed by atoms with Gasteiger partial charge in [-0.3, -0.25) is 0 Å². The molecular weight excluding hydrogens is 366 g/mol. The fourth-order valence-electron chi connectivity index (χ4n) is 2.42. The highest BCUT2D eigenvalue weighted by atomic mass is 79.9. The topological polar surface area (TPSA) is 71.0 Å². The van der Waals surface area contributed by atoms with E-state index in [2.05, 4.69) is 25.9 Å². The summed E-state index contributed by atoms with van der Waals surface area (Å²) in [5, 5.41) is 10.8.